The number of rotatable bonds is 5. The van der Waals surface area contributed by atoms with Crippen LogP contribution in [0, 0.1) is 0 Å². The van der Waals surface area contributed by atoms with Gasteiger partial charge in [-0.3, -0.25) is 9.59 Å². The fraction of sp³-hybridized carbons (Fsp3) is 0.143. The number of amides is 1. The fourth-order valence-electron chi connectivity index (χ4n) is 3.16. The zero-order chi connectivity index (χ0) is 19.5. The Morgan fingerprint density at radius 1 is 1.00 bits per heavy atom. The molecule has 2 N–H and O–H groups in total. The first-order chi connectivity index (χ1) is 13.6. The number of aromatic amines is 1. The molecule has 0 bridgehead atoms. The molecule has 0 spiro atoms. The van der Waals surface area contributed by atoms with Crippen molar-refractivity contribution in [2.75, 3.05) is 6.61 Å². The molecule has 28 heavy (non-hydrogen) atoms. The van der Waals surface area contributed by atoms with E-state index in [0.29, 0.717) is 11.3 Å². The van der Waals surface area contributed by atoms with Crippen LogP contribution in [0.4, 0.5) is 0 Å². The molecule has 4 rings (SSSR count). The van der Waals surface area contributed by atoms with Crippen molar-refractivity contribution in [3.05, 3.63) is 60.2 Å². The lowest BCUT2D eigenvalue weighted by molar-refractivity contribution is -0.134. The lowest BCUT2D eigenvalue weighted by atomic mass is 10.0. The van der Waals surface area contributed by atoms with Gasteiger partial charge in [-0.1, -0.05) is 48.5 Å². The van der Waals surface area contributed by atoms with Crippen LogP contribution in [-0.2, 0) is 14.3 Å². The summed E-state index contributed by atoms with van der Waals surface area (Å²) in [6, 6.07) is 17.0. The van der Waals surface area contributed by atoms with Crippen LogP contribution in [0.1, 0.15) is 23.2 Å². The zero-order valence-corrected chi connectivity index (χ0v) is 14.9. The van der Waals surface area contributed by atoms with Gasteiger partial charge in [0.2, 0.25) is 11.7 Å². The maximum Gasteiger partial charge on any atom is 0.354 e. The Labute approximate surface area is 160 Å². The highest BCUT2D eigenvalue weighted by atomic mass is 16.5. The molecule has 1 amide bonds. The van der Waals surface area contributed by atoms with E-state index in [0.717, 1.165) is 16.5 Å². The van der Waals surface area contributed by atoms with Crippen molar-refractivity contribution < 1.29 is 19.1 Å². The van der Waals surface area contributed by atoms with E-state index in [1.165, 1.54) is 0 Å². The van der Waals surface area contributed by atoms with Gasteiger partial charge < -0.3 is 9.72 Å². The molecular weight excluding hydrogens is 358 g/mol. The third-order valence-corrected chi connectivity index (χ3v) is 4.52. The van der Waals surface area contributed by atoms with Crippen molar-refractivity contribution in [2.45, 2.75) is 12.8 Å². The van der Waals surface area contributed by atoms with Crippen molar-refractivity contribution in [1.29, 1.82) is 0 Å². The number of nitrogens with one attached hydrogen (secondary N) is 2. The van der Waals surface area contributed by atoms with Gasteiger partial charge >= 0.3 is 5.97 Å². The van der Waals surface area contributed by atoms with Crippen LogP contribution < -0.4 is 5.43 Å². The SMILES string of the molecule is O=C1CCC(C(=O)OCC(=O)c2c(-c3ccccc3)[nH]c3ccccc23)=NN1. The molecule has 7 nitrogen and oxygen atoms in total. The number of carbonyl (C=O) groups is 3. The number of para-hydroxylation sites is 1. The van der Waals surface area contributed by atoms with Crippen LogP contribution in [0.5, 0.6) is 0 Å². The quantitative estimate of drug-likeness (QED) is 0.529. The summed E-state index contributed by atoms with van der Waals surface area (Å²) in [6.07, 6.45) is 0.365. The highest BCUT2D eigenvalue weighted by Gasteiger charge is 2.23. The summed E-state index contributed by atoms with van der Waals surface area (Å²) in [5, 5.41) is 4.46. The van der Waals surface area contributed by atoms with Gasteiger partial charge in [0.25, 0.3) is 0 Å². The molecule has 0 atom stereocenters. The number of H-pyrrole nitrogens is 1. The average Bonchev–Trinajstić information content (AvgIpc) is 3.12. The van der Waals surface area contributed by atoms with Crippen molar-refractivity contribution in [3.8, 4) is 11.3 Å². The Balaban J connectivity index is 1.60. The number of nitrogens with zero attached hydrogens (tertiary/aromatic N) is 1. The van der Waals surface area contributed by atoms with E-state index in [4.69, 9.17) is 4.74 Å². The molecule has 0 unspecified atom stereocenters. The van der Waals surface area contributed by atoms with Crippen LogP contribution in [-0.4, -0.2) is 35.0 Å². The van der Waals surface area contributed by atoms with E-state index < -0.39 is 12.6 Å². The summed E-state index contributed by atoms with van der Waals surface area (Å²) < 4.78 is 5.16. The molecule has 1 aromatic heterocycles. The monoisotopic (exact) mass is 375 g/mol. The molecule has 0 radical (unpaired) electrons. The number of Topliss-reactive ketones (excluding diaryl/α,β-unsaturated/α-hetero) is 1. The van der Waals surface area contributed by atoms with Crippen LogP contribution >= 0.6 is 0 Å². The highest BCUT2D eigenvalue weighted by molar-refractivity contribution is 6.37. The summed E-state index contributed by atoms with van der Waals surface area (Å²) in [5.74, 6) is -1.27. The number of aromatic nitrogens is 1. The third kappa shape index (κ3) is 3.42. The summed E-state index contributed by atoms with van der Waals surface area (Å²) in [5.41, 5.74) is 5.21. The smallest absolute Gasteiger partial charge is 0.354 e. The van der Waals surface area contributed by atoms with Gasteiger partial charge in [0.05, 0.1) is 11.3 Å². The molecule has 1 aliphatic heterocycles. The molecule has 0 aliphatic carbocycles. The summed E-state index contributed by atoms with van der Waals surface area (Å²) >= 11 is 0. The number of hydrazone groups is 1. The molecule has 140 valence electrons. The number of ether oxygens (including phenoxy) is 1. The van der Waals surface area contributed by atoms with Crippen LogP contribution in [0.2, 0.25) is 0 Å². The van der Waals surface area contributed by atoms with E-state index in [2.05, 4.69) is 15.5 Å². The molecule has 3 aromatic rings. The average molecular weight is 375 g/mol. The second-order valence-corrected chi connectivity index (χ2v) is 6.38. The second-order valence-electron chi connectivity index (χ2n) is 6.38. The minimum Gasteiger partial charge on any atom is -0.453 e. The van der Waals surface area contributed by atoms with Gasteiger partial charge in [-0.2, -0.15) is 5.10 Å². The van der Waals surface area contributed by atoms with Crippen molar-refractivity contribution in [2.24, 2.45) is 5.10 Å². The van der Waals surface area contributed by atoms with E-state index in [9.17, 15) is 14.4 Å². The summed E-state index contributed by atoms with van der Waals surface area (Å²) in [6.45, 7) is -0.409. The topological polar surface area (TPSA) is 101 Å². The van der Waals surface area contributed by atoms with Gasteiger partial charge in [0.15, 0.2) is 6.61 Å². The highest BCUT2D eigenvalue weighted by Crippen LogP contribution is 2.30. The van der Waals surface area contributed by atoms with Crippen LogP contribution in [0.25, 0.3) is 22.2 Å². The molecule has 2 heterocycles. The normalized spacial score (nSPS) is 13.7. The standard InChI is InChI=1S/C21H17N3O4/c25-17(12-28-21(27)16-10-11-18(26)24-23-16)19-14-8-4-5-9-15(14)22-20(19)13-6-2-1-3-7-13/h1-9,22H,10-12H2,(H,24,26). The predicted molar refractivity (Wildman–Crippen MR) is 104 cm³/mol. The van der Waals surface area contributed by atoms with Crippen molar-refractivity contribution in [1.82, 2.24) is 10.4 Å². The zero-order valence-electron chi connectivity index (χ0n) is 14.9. The van der Waals surface area contributed by atoms with E-state index >= 15 is 0 Å². The summed E-state index contributed by atoms with van der Waals surface area (Å²) in [7, 11) is 0. The van der Waals surface area contributed by atoms with E-state index in [1.54, 1.807) is 0 Å². The number of ketones is 1. The molecular formula is C21H17N3O4. The molecule has 7 heteroatoms. The Bertz CT molecular complexity index is 1100. The number of benzene rings is 2. The minimum absolute atomic E-state index is 0.106. The summed E-state index contributed by atoms with van der Waals surface area (Å²) in [4.78, 5) is 39.5. The van der Waals surface area contributed by atoms with Crippen LogP contribution in [0.3, 0.4) is 0 Å². The van der Waals surface area contributed by atoms with E-state index in [-0.39, 0.29) is 30.2 Å². The number of carbonyl (C=O) groups excluding carboxylic acids is 3. The second kappa shape index (κ2) is 7.48. The van der Waals surface area contributed by atoms with Gasteiger partial charge in [0, 0.05) is 23.7 Å². The van der Waals surface area contributed by atoms with Gasteiger partial charge in [-0.15, -0.1) is 0 Å². The Morgan fingerprint density at radius 3 is 2.50 bits per heavy atom. The van der Waals surface area contributed by atoms with E-state index in [1.807, 2.05) is 54.6 Å². The molecule has 0 saturated carbocycles. The van der Waals surface area contributed by atoms with Gasteiger partial charge in [0.1, 0.15) is 5.71 Å². The first-order valence-corrected chi connectivity index (χ1v) is 8.85. The first kappa shape index (κ1) is 17.7. The lowest BCUT2D eigenvalue weighted by Gasteiger charge is -2.11. The largest absolute Gasteiger partial charge is 0.453 e. The minimum atomic E-state index is -0.700. The predicted octanol–water partition coefficient (Wildman–Crippen LogP) is 2.83. The molecule has 0 fully saturated rings. The number of fused-ring (bicyclic) bond motifs is 1. The molecule has 2 aromatic carbocycles. The lowest BCUT2D eigenvalue weighted by Crippen LogP contribution is -2.31. The maximum atomic E-state index is 12.9. The number of hydrogen-bond acceptors (Lipinski definition) is 5. The van der Waals surface area contributed by atoms with Crippen molar-refractivity contribution >= 4 is 34.3 Å². The first-order valence-electron chi connectivity index (χ1n) is 8.85. The Morgan fingerprint density at radius 2 is 1.75 bits per heavy atom. The number of esters is 1. The van der Waals surface area contributed by atoms with Crippen molar-refractivity contribution in [3.63, 3.8) is 0 Å². The fourth-order valence-corrected chi connectivity index (χ4v) is 3.16. The van der Waals surface area contributed by atoms with Crippen LogP contribution in [0.15, 0.2) is 59.7 Å². The van der Waals surface area contributed by atoms with Gasteiger partial charge in [-0.25, -0.2) is 10.2 Å². The Kier molecular flexibility index (Phi) is 4.72. The molecule has 0 saturated heterocycles. The molecule has 1 aliphatic rings. The number of hydrogen-bond donors (Lipinski definition) is 2. The van der Waals surface area contributed by atoms with Gasteiger partial charge in [-0.05, 0) is 11.6 Å². The Hall–Kier alpha value is -3.74. The maximum absolute atomic E-state index is 12.9. The third-order valence-electron chi connectivity index (χ3n) is 4.52.